The molecule has 3 N–H and O–H groups in total. The number of methoxy groups -OCH3 is 2. The number of nitrogens with one attached hydrogen (secondary N) is 2. The number of thiocarbonyl (C=S) groups is 1. The number of amides is 1. The van der Waals surface area contributed by atoms with Gasteiger partial charge in [-0.2, -0.15) is 0 Å². The number of hydrogen-bond donors (Lipinski definition) is 3. The first kappa shape index (κ1) is 19.2. The number of carbonyl (C=O) groups excluding carboxylic acids is 1. The van der Waals surface area contributed by atoms with Gasteiger partial charge in [0.05, 0.1) is 20.6 Å². The van der Waals surface area contributed by atoms with Crippen LogP contribution in [0.1, 0.15) is 15.9 Å². The lowest BCUT2D eigenvalue weighted by Crippen LogP contribution is -2.34. The van der Waals surface area contributed by atoms with E-state index in [4.69, 9.17) is 26.8 Å². The molecular formula is C18H18N2O5S. The largest absolute Gasteiger partial charge is 0.497 e. The van der Waals surface area contributed by atoms with Gasteiger partial charge >= 0.3 is 5.97 Å². The number of anilines is 1. The SMILES string of the molecule is COc1cc(OC)cc(C(=O)NC(=S)Nc2ccc(CC(=O)O)cc2)c1. The molecule has 0 saturated heterocycles. The molecule has 0 aliphatic heterocycles. The van der Waals surface area contributed by atoms with Crippen LogP contribution in [0.4, 0.5) is 5.69 Å². The Morgan fingerprint density at radius 3 is 2.12 bits per heavy atom. The Hall–Kier alpha value is -3.13. The molecule has 0 aromatic heterocycles. The molecule has 0 spiro atoms. The first-order valence-electron chi connectivity index (χ1n) is 7.57. The Morgan fingerprint density at radius 2 is 1.62 bits per heavy atom. The van der Waals surface area contributed by atoms with Gasteiger partial charge in [0.25, 0.3) is 5.91 Å². The van der Waals surface area contributed by atoms with E-state index < -0.39 is 11.9 Å². The second-order valence-electron chi connectivity index (χ2n) is 5.28. The van der Waals surface area contributed by atoms with Crippen LogP contribution >= 0.6 is 12.2 Å². The first-order valence-corrected chi connectivity index (χ1v) is 7.98. The van der Waals surface area contributed by atoms with Crippen LogP contribution in [-0.2, 0) is 11.2 Å². The van der Waals surface area contributed by atoms with E-state index in [0.29, 0.717) is 28.3 Å². The number of carbonyl (C=O) groups is 2. The average molecular weight is 374 g/mol. The molecule has 0 bridgehead atoms. The van der Waals surface area contributed by atoms with E-state index in [0.717, 1.165) is 0 Å². The number of carboxylic acids is 1. The maximum Gasteiger partial charge on any atom is 0.307 e. The molecule has 7 nitrogen and oxygen atoms in total. The first-order chi connectivity index (χ1) is 12.4. The number of aliphatic carboxylic acids is 1. The van der Waals surface area contributed by atoms with Crippen LogP contribution in [-0.4, -0.2) is 36.3 Å². The van der Waals surface area contributed by atoms with Gasteiger partial charge in [-0.25, -0.2) is 0 Å². The number of hydrogen-bond acceptors (Lipinski definition) is 5. The summed E-state index contributed by atoms with van der Waals surface area (Å²) >= 11 is 5.14. The Bertz CT molecular complexity index is 799. The summed E-state index contributed by atoms with van der Waals surface area (Å²) in [6.07, 6.45) is -0.0564. The smallest absolute Gasteiger partial charge is 0.307 e. The zero-order chi connectivity index (χ0) is 19.1. The summed E-state index contributed by atoms with van der Waals surface area (Å²) in [5.74, 6) is -0.339. The van der Waals surface area contributed by atoms with Gasteiger partial charge in [0.2, 0.25) is 0 Å². The minimum absolute atomic E-state index is 0.0564. The minimum atomic E-state index is -0.901. The molecule has 0 atom stereocenters. The van der Waals surface area contributed by atoms with Crippen molar-refractivity contribution < 1.29 is 24.2 Å². The zero-order valence-corrected chi connectivity index (χ0v) is 15.1. The minimum Gasteiger partial charge on any atom is -0.497 e. The number of rotatable bonds is 6. The van der Waals surface area contributed by atoms with Crippen LogP contribution in [0, 0.1) is 0 Å². The molecule has 0 aliphatic rings. The quantitative estimate of drug-likeness (QED) is 0.668. The predicted molar refractivity (Wildman–Crippen MR) is 101 cm³/mol. The van der Waals surface area contributed by atoms with Gasteiger partial charge in [-0.1, -0.05) is 12.1 Å². The molecule has 0 unspecified atom stereocenters. The van der Waals surface area contributed by atoms with E-state index in [1.165, 1.54) is 14.2 Å². The van der Waals surface area contributed by atoms with Gasteiger partial charge in [0.1, 0.15) is 11.5 Å². The van der Waals surface area contributed by atoms with E-state index >= 15 is 0 Å². The molecule has 26 heavy (non-hydrogen) atoms. The topological polar surface area (TPSA) is 96.9 Å². The molecule has 0 fully saturated rings. The molecule has 0 heterocycles. The lowest BCUT2D eigenvalue weighted by Gasteiger charge is -2.11. The molecule has 0 aliphatic carbocycles. The van der Waals surface area contributed by atoms with Crippen molar-refractivity contribution in [3.8, 4) is 11.5 Å². The summed E-state index contributed by atoms with van der Waals surface area (Å²) in [4.78, 5) is 23.0. The van der Waals surface area contributed by atoms with Crippen LogP contribution in [0.5, 0.6) is 11.5 Å². The van der Waals surface area contributed by atoms with Crippen molar-refractivity contribution in [1.82, 2.24) is 5.32 Å². The summed E-state index contributed by atoms with van der Waals surface area (Å²) in [6.45, 7) is 0. The molecule has 2 rings (SSSR count). The van der Waals surface area contributed by atoms with E-state index in [-0.39, 0.29) is 11.5 Å². The predicted octanol–water partition coefficient (Wildman–Crippen LogP) is 2.46. The fourth-order valence-corrected chi connectivity index (χ4v) is 2.37. The molecular weight excluding hydrogens is 356 g/mol. The van der Waals surface area contributed by atoms with Gasteiger partial charge < -0.3 is 19.9 Å². The van der Waals surface area contributed by atoms with Crippen LogP contribution in [0.15, 0.2) is 42.5 Å². The third kappa shape index (κ3) is 5.45. The maximum atomic E-state index is 12.3. The molecule has 2 aromatic carbocycles. The average Bonchev–Trinajstić information content (AvgIpc) is 2.62. The van der Waals surface area contributed by atoms with E-state index in [2.05, 4.69) is 10.6 Å². The summed E-state index contributed by atoms with van der Waals surface area (Å²) in [5, 5.41) is 14.3. The molecule has 1 amide bonds. The number of ether oxygens (including phenoxy) is 2. The van der Waals surface area contributed by atoms with Crippen molar-refractivity contribution in [3.63, 3.8) is 0 Å². The third-order valence-corrected chi connectivity index (χ3v) is 3.61. The molecule has 2 aromatic rings. The van der Waals surface area contributed by atoms with Crippen molar-refractivity contribution in [2.75, 3.05) is 19.5 Å². The third-order valence-electron chi connectivity index (χ3n) is 3.41. The standard InChI is InChI=1S/C18H18N2O5S/c1-24-14-8-12(9-15(10-14)25-2)17(23)20-18(26)19-13-5-3-11(4-6-13)7-16(21)22/h3-6,8-10H,7H2,1-2H3,(H,21,22)(H2,19,20,23,26). The van der Waals surface area contributed by atoms with Crippen molar-refractivity contribution in [2.24, 2.45) is 0 Å². The lowest BCUT2D eigenvalue weighted by atomic mass is 10.1. The fourth-order valence-electron chi connectivity index (χ4n) is 2.16. The van der Waals surface area contributed by atoms with E-state index in [1.807, 2.05) is 0 Å². The van der Waals surface area contributed by atoms with Crippen LogP contribution in [0.25, 0.3) is 0 Å². The van der Waals surface area contributed by atoms with Crippen LogP contribution in [0.3, 0.4) is 0 Å². The van der Waals surface area contributed by atoms with Gasteiger partial charge in [-0.15, -0.1) is 0 Å². The fraction of sp³-hybridized carbons (Fsp3) is 0.167. The van der Waals surface area contributed by atoms with Gasteiger partial charge in [0, 0.05) is 17.3 Å². The highest BCUT2D eigenvalue weighted by Gasteiger charge is 2.11. The summed E-state index contributed by atoms with van der Waals surface area (Å²) in [6, 6.07) is 11.5. The summed E-state index contributed by atoms with van der Waals surface area (Å²) < 4.78 is 10.3. The van der Waals surface area contributed by atoms with Crippen LogP contribution in [0.2, 0.25) is 0 Å². The van der Waals surface area contributed by atoms with Gasteiger partial charge in [0.15, 0.2) is 5.11 Å². The van der Waals surface area contributed by atoms with Crippen molar-refractivity contribution in [1.29, 1.82) is 0 Å². The highest BCUT2D eigenvalue weighted by Crippen LogP contribution is 2.22. The second-order valence-corrected chi connectivity index (χ2v) is 5.69. The Kier molecular flexibility index (Phi) is 6.51. The van der Waals surface area contributed by atoms with Crippen LogP contribution < -0.4 is 20.1 Å². The number of carboxylic acid groups (broad SMARTS) is 1. The normalized spacial score (nSPS) is 9.92. The van der Waals surface area contributed by atoms with Crippen molar-refractivity contribution in [2.45, 2.75) is 6.42 Å². The van der Waals surface area contributed by atoms with Crippen molar-refractivity contribution in [3.05, 3.63) is 53.6 Å². The van der Waals surface area contributed by atoms with E-state index in [1.54, 1.807) is 42.5 Å². The summed E-state index contributed by atoms with van der Waals surface area (Å²) in [7, 11) is 2.99. The van der Waals surface area contributed by atoms with Crippen molar-refractivity contribution >= 4 is 34.9 Å². The highest BCUT2D eigenvalue weighted by molar-refractivity contribution is 7.80. The number of benzene rings is 2. The lowest BCUT2D eigenvalue weighted by molar-refractivity contribution is -0.136. The summed E-state index contributed by atoms with van der Waals surface area (Å²) in [5.41, 5.74) is 1.64. The van der Waals surface area contributed by atoms with E-state index in [9.17, 15) is 9.59 Å². The molecule has 136 valence electrons. The molecule has 0 radical (unpaired) electrons. The molecule has 0 saturated carbocycles. The zero-order valence-electron chi connectivity index (χ0n) is 14.2. The Morgan fingerprint density at radius 1 is 1.04 bits per heavy atom. The second kappa shape index (κ2) is 8.82. The molecule has 8 heteroatoms. The monoisotopic (exact) mass is 374 g/mol. The highest BCUT2D eigenvalue weighted by atomic mass is 32.1. The Labute approximate surface area is 155 Å². The van der Waals surface area contributed by atoms with Gasteiger partial charge in [-0.05, 0) is 42.0 Å². The maximum absolute atomic E-state index is 12.3. The van der Waals surface area contributed by atoms with Gasteiger partial charge in [-0.3, -0.25) is 14.9 Å². The Balaban J connectivity index is 2.01.